The van der Waals surface area contributed by atoms with Crippen LogP contribution in [0.3, 0.4) is 0 Å². The Bertz CT molecular complexity index is 332. The molecule has 0 fully saturated rings. The molecule has 0 saturated carbocycles. The molecule has 3 nitrogen and oxygen atoms in total. The number of hydrogen-bond donors (Lipinski definition) is 1. The van der Waals surface area contributed by atoms with E-state index in [0.717, 1.165) is 11.3 Å². The molecular formula is C12H18O3. The van der Waals surface area contributed by atoms with Gasteiger partial charge in [0.05, 0.1) is 19.8 Å². The van der Waals surface area contributed by atoms with Crippen molar-refractivity contribution in [2.75, 3.05) is 14.2 Å². The molecule has 0 spiro atoms. The zero-order valence-corrected chi connectivity index (χ0v) is 9.70. The lowest BCUT2D eigenvalue weighted by Crippen LogP contribution is -2.20. The number of ether oxygens (including phenoxy) is 2. The van der Waals surface area contributed by atoms with Crippen molar-refractivity contribution in [2.24, 2.45) is 0 Å². The molecule has 0 amide bonds. The zero-order valence-electron chi connectivity index (χ0n) is 9.70. The van der Waals surface area contributed by atoms with Gasteiger partial charge in [-0.05, 0) is 31.5 Å². The average Bonchev–Trinajstić information content (AvgIpc) is 2.28. The molecule has 1 rings (SSSR count). The van der Waals surface area contributed by atoms with Crippen molar-refractivity contribution < 1.29 is 14.6 Å². The van der Waals surface area contributed by atoms with Crippen molar-refractivity contribution in [1.82, 2.24) is 0 Å². The Morgan fingerprint density at radius 3 is 2.40 bits per heavy atom. The minimum Gasteiger partial charge on any atom is -0.497 e. The zero-order chi connectivity index (χ0) is 11.5. The van der Waals surface area contributed by atoms with Gasteiger partial charge in [0.2, 0.25) is 0 Å². The van der Waals surface area contributed by atoms with E-state index in [1.807, 2.05) is 19.1 Å². The second-order valence-electron chi connectivity index (χ2n) is 3.69. The highest BCUT2D eigenvalue weighted by atomic mass is 16.5. The van der Waals surface area contributed by atoms with E-state index >= 15 is 0 Å². The first-order valence-corrected chi connectivity index (χ1v) is 5.00. The molecule has 1 unspecified atom stereocenters. The highest BCUT2D eigenvalue weighted by molar-refractivity contribution is 5.43. The Labute approximate surface area is 90.6 Å². The van der Waals surface area contributed by atoms with Crippen LogP contribution in [0.25, 0.3) is 0 Å². The van der Waals surface area contributed by atoms with Crippen molar-refractivity contribution in [3.05, 3.63) is 23.8 Å². The minimum atomic E-state index is -0.889. The molecule has 0 saturated heterocycles. The van der Waals surface area contributed by atoms with Crippen LogP contribution in [0.4, 0.5) is 0 Å². The van der Waals surface area contributed by atoms with E-state index < -0.39 is 5.60 Å². The Morgan fingerprint density at radius 2 is 1.93 bits per heavy atom. The molecule has 84 valence electrons. The average molecular weight is 210 g/mol. The summed E-state index contributed by atoms with van der Waals surface area (Å²) in [5, 5.41) is 10.2. The quantitative estimate of drug-likeness (QED) is 0.828. The van der Waals surface area contributed by atoms with Crippen molar-refractivity contribution in [2.45, 2.75) is 25.9 Å². The molecule has 15 heavy (non-hydrogen) atoms. The summed E-state index contributed by atoms with van der Waals surface area (Å²) in [5.74, 6) is 1.40. The van der Waals surface area contributed by atoms with Crippen LogP contribution < -0.4 is 9.47 Å². The van der Waals surface area contributed by atoms with Gasteiger partial charge in [0.1, 0.15) is 11.5 Å². The van der Waals surface area contributed by atoms with Gasteiger partial charge in [-0.15, -0.1) is 0 Å². The second kappa shape index (κ2) is 4.53. The first kappa shape index (κ1) is 11.9. The molecule has 1 aromatic carbocycles. The van der Waals surface area contributed by atoms with Crippen LogP contribution in [0, 0.1) is 0 Å². The molecule has 0 aliphatic carbocycles. The van der Waals surface area contributed by atoms with Gasteiger partial charge in [-0.1, -0.05) is 6.92 Å². The van der Waals surface area contributed by atoms with Crippen LogP contribution in [0.1, 0.15) is 25.8 Å². The highest BCUT2D eigenvalue weighted by Gasteiger charge is 2.25. The molecule has 1 aromatic rings. The number of hydrogen-bond acceptors (Lipinski definition) is 3. The van der Waals surface area contributed by atoms with Crippen LogP contribution >= 0.6 is 0 Å². The summed E-state index contributed by atoms with van der Waals surface area (Å²) in [6.45, 7) is 3.70. The maximum atomic E-state index is 10.2. The number of benzene rings is 1. The Balaban J connectivity index is 3.23. The van der Waals surface area contributed by atoms with E-state index in [0.29, 0.717) is 12.2 Å². The Hall–Kier alpha value is -1.22. The standard InChI is InChI=1S/C12H18O3/c1-5-12(2,13)10-8-9(14-3)6-7-11(10)15-4/h6-8,13H,5H2,1-4H3. The maximum Gasteiger partial charge on any atom is 0.125 e. The van der Waals surface area contributed by atoms with E-state index in [1.54, 1.807) is 27.2 Å². The largest absolute Gasteiger partial charge is 0.497 e. The minimum absolute atomic E-state index is 0.622. The fraction of sp³-hybridized carbons (Fsp3) is 0.500. The van der Waals surface area contributed by atoms with Crippen LogP contribution in [0.2, 0.25) is 0 Å². The van der Waals surface area contributed by atoms with E-state index in [-0.39, 0.29) is 0 Å². The predicted octanol–water partition coefficient (Wildman–Crippen LogP) is 2.32. The SMILES string of the molecule is CCC(C)(O)c1cc(OC)ccc1OC. The van der Waals surface area contributed by atoms with Crippen molar-refractivity contribution in [3.8, 4) is 11.5 Å². The summed E-state index contributed by atoms with van der Waals surface area (Å²) in [4.78, 5) is 0. The van der Waals surface area contributed by atoms with Crippen LogP contribution in [-0.2, 0) is 5.60 Å². The molecular weight excluding hydrogens is 192 g/mol. The van der Waals surface area contributed by atoms with Gasteiger partial charge in [-0.3, -0.25) is 0 Å². The molecule has 0 radical (unpaired) electrons. The van der Waals surface area contributed by atoms with Crippen LogP contribution in [0.5, 0.6) is 11.5 Å². The lowest BCUT2D eigenvalue weighted by molar-refractivity contribution is 0.0502. The van der Waals surface area contributed by atoms with E-state index in [2.05, 4.69) is 0 Å². The molecule has 0 heterocycles. The third-order valence-corrected chi connectivity index (χ3v) is 2.68. The fourth-order valence-electron chi connectivity index (χ4n) is 1.43. The third kappa shape index (κ3) is 2.42. The first-order valence-electron chi connectivity index (χ1n) is 5.00. The van der Waals surface area contributed by atoms with E-state index in [1.165, 1.54) is 0 Å². The highest BCUT2D eigenvalue weighted by Crippen LogP contribution is 2.34. The third-order valence-electron chi connectivity index (χ3n) is 2.68. The number of methoxy groups -OCH3 is 2. The molecule has 3 heteroatoms. The normalized spacial score (nSPS) is 14.5. The summed E-state index contributed by atoms with van der Waals surface area (Å²) in [5.41, 5.74) is -0.133. The van der Waals surface area contributed by atoms with Gasteiger partial charge < -0.3 is 14.6 Å². The smallest absolute Gasteiger partial charge is 0.125 e. The van der Waals surface area contributed by atoms with E-state index in [4.69, 9.17) is 9.47 Å². The van der Waals surface area contributed by atoms with Gasteiger partial charge in [-0.2, -0.15) is 0 Å². The molecule has 0 aliphatic heterocycles. The van der Waals surface area contributed by atoms with Gasteiger partial charge >= 0.3 is 0 Å². The lowest BCUT2D eigenvalue weighted by Gasteiger charge is -2.24. The number of rotatable bonds is 4. The predicted molar refractivity (Wildman–Crippen MR) is 59.4 cm³/mol. The molecule has 0 aliphatic rings. The topological polar surface area (TPSA) is 38.7 Å². The Morgan fingerprint density at radius 1 is 1.27 bits per heavy atom. The molecule has 1 atom stereocenters. The summed E-state index contributed by atoms with van der Waals surface area (Å²) in [6, 6.07) is 5.43. The van der Waals surface area contributed by atoms with Gasteiger partial charge in [0.25, 0.3) is 0 Å². The lowest BCUT2D eigenvalue weighted by atomic mass is 9.92. The summed E-state index contributed by atoms with van der Waals surface area (Å²) < 4.78 is 10.3. The van der Waals surface area contributed by atoms with Gasteiger partial charge in [-0.25, -0.2) is 0 Å². The van der Waals surface area contributed by atoms with Crippen molar-refractivity contribution >= 4 is 0 Å². The second-order valence-corrected chi connectivity index (χ2v) is 3.69. The first-order chi connectivity index (χ1) is 7.05. The van der Waals surface area contributed by atoms with E-state index in [9.17, 15) is 5.11 Å². The summed E-state index contributed by atoms with van der Waals surface area (Å²) >= 11 is 0. The summed E-state index contributed by atoms with van der Waals surface area (Å²) in [6.07, 6.45) is 0.622. The maximum absolute atomic E-state index is 10.2. The van der Waals surface area contributed by atoms with Crippen LogP contribution in [0.15, 0.2) is 18.2 Å². The monoisotopic (exact) mass is 210 g/mol. The van der Waals surface area contributed by atoms with Gasteiger partial charge in [0, 0.05) is 5.56 Å². The van der Waals surface area contributed by atoms with Gasteiger partial charge in [0.15, 0.2) is 0 Å². The van der Waals surface area contributed by atoms with Crippen molar-refractivity contribution in [3.63, 3.8) is 0 Å². The molecule has 1 N–H and O–H groups in total. The molecule has 0 aromatic heterocycles. The number of aliphatic hydroxyl groups is 1. The summed E-state index contributed by atoms with van der Waals surface area (Å²) in [7, 11) is 3.20. The molecule has 0 bridgehead atoms. The fourth-order valence-corrected chi connectivity index (χ4v) is 1.43. The van der Waals surface area contributed by atoms with Crippen LogP contribution in [-0.4, -0.2) is 19.3 Å². The van der Waals surface area contributed by atoms with Crippen molar-refractivity contribution in [1.29, 1.82) is 0 Å². The Kier molecular flexibility index (Phi) is 3.58.